The fourth-order valence-electron chi connectivity index (χ4n) is 2.03. The Balaban J connectivity index is 2.04. The predicted molar refractivity (Wildman–Crippen MR) is 49.7 cm³/mol. The molecule has 0 aromatic heterocycles. The number of rotatable bonds is 1. The Kier molecular flexibility index (Phi) is 2.22. The van der Waals surface area contributed by atoms with Gasteiger partial charge in [0.1, 0.15) is 0 Å². The smallest absolute Gasteiger partial charge is 0.222 e. The highest BCUT2D eigenvalue weighted by atomic mass is 16.1. The second kappa shape index (κ2) is 3.38. The van der Waals surface area contributed by atoms with E-state index in [1.807, 2.05) is 0 Å². The van der Waals surface area contributed by atoms with Crippen molar-refractivity contribution in [2.75, 3.05) is 19.6 Å². The molecule has 13 heavy (non-hydrogen) atoms. The van der Waals surface area contributed by atoms with Crippen molar-refractivity contribution in [2.45, 2.75) is 6.42 Å². The second-order valence-electron chi connectivity index (χ2n) is 3.73. The third kappa shape index (κ3) is 1.67. The average molecular weight is 181 g/mol. The highest BCUT2D eigenvalue weighted by Crippen LogP contribution is 2.24. The number of carbonyl (C=O) groups is 1. The van der Waals surface area contributed by atoms with E-state index in [0.717, 1.165) is 19.5 Å². The first-order chi connectivity index (χ1) is 6.27. The Morgan fingerprint density at radius 3 is 3.15 bits per heavy atom. The van der Waals surface area contributed by atoms with Gasteiger partial charge in [0.25, 0.3) is 0 Å². The van der Waals surface area contributed by atoms with Crippen LogP contribution in [0.3, 0.4) is 0 Å². The minimum absolute atomic E-state index is 0.00190. The average Bonchev–Trinajstić information content (AvgIpc) is 2.17. The van der Waals surface area contributed by atoms with E-state index in [4.69, 9.17) is 5.73 Å². The first-order valence-corrected chi connectivity index (χ1v) is 4.71. The van der Waals surface area contributed by atoms with Crippen LogP contribution in [0.15, 0.2) is 11.8 Å². The maximum atomic E-state index is 11.0. The molecule has 72 valence electrons. The lowest BCUT2D eigenvalue weighted by molar-refractivity contribution is -0.122. The van der Waals surface area contributed by atoms with Crippen LogP contribution in [0.5, 0.6) is 0 Å². The Morgan fingerprint density at radius 1 is 1.54 bits per heavy atom. The molecule has 0 aromatic carbocycles. The van der Waals surface area contributed by atoms with Crippen molar-refractivity contribution in [2.24, 2.45) is 17.6 Å². The van der Waals surface area contributed by atoms with E-state index in [1.54, 1.807) is 0 Å². The minimum Gasteiger partial charge on any atom is -0.387 e. The lowest BCUT2D eigenvalue weighted by Crippen LogP contribution is -2.45. The number of nitrogens with one attached hydrogen (secondary N) is 2. The van der Waals surface area contributed by atoms with Gasteiger partial charge in [-0.3, -0.25) is 4.79 Å². The number of amides is 1. The van der Waals surface area contributed by atoms with E-state index in [9.17, 15) is 4.79 Å². The lowest BCUT2D eigenvalue weighted by atomic mass is 9.86. The molecule has 4 N–H and O–H groups in total. The van der Waals surface area contributed by atoms with Crippen molar-refractivity contribution >= 4 is 5.91 Å². The maximum Gasteiger partial charge on any atom is 0.222 e. The Morgan fingerprint density at radius 2 is 2.38 bits per heavy atom. The van der Waals surface area contributed by atoms with Gasteiger partial charge in [-0.05, 0) is 6.42 Å². The molecule has 2 aliphatic heterocycles. The van der Waals surface area contributed by atoms with Gasteiger partial charge in [-0.2, -0.15) is 0 Å². The molecule has 0 aromatic rings. The van der Waals surface area contributed by atoms with Crippen molar-refractivity contribution < 1.29 is 4.79 Å². The molecule has 0 saturated carbocycles. The van der Waals surface area contributed by atoms with E-state index >= 15 is 0 Å². The molecule has 2 unspecified atom stereocenters. The molecule has 4 heteroatoms. The zero-order valence-electron chi connectivity index (χ0n) is 7.55. The summed E-state index contributed by atoms with van der Waals surface area (Å²) in [5.41, 5.74) is 6.56. The molecule has 0 radical (unpaired) electrons. The van der Waals surface area contributed by atoms with Crippen LogP contribution in [0.1, 0.15) is 6.42 Å². The summed E-state index contributed by atoms with van der Waals surface area (Å²) in [6.07, 6.45) is 3.05. The quantitative estimate of drug-likeness (QED) is 0.495. The normalized spacial score (nSPS) is 32.8. The number of piperidine rings is 1. The van der Waals surface area contributed by atoms with Crippen molar-refractivity contribution in [3.63, 3.8) is 0 Å². The van der Waals surface area contributed by atoms with E-state index in [-0.39, 0.29) is 11.8 Å². The summed E-state index contributed by atoms with van der Waals surface area (Å²) in [4.78, 5) is 11.0. The van der Waals surface area contributed by atoms with Gasteiger partial charge in [0.2, 0.25) is 5.91 Å². The number of hydrogen-bond donors (Lipinski definition) is 3. The molecule has 0 aliphatic carbocycles. The zero-order valence-corrected chi connectivity index (χ0v) is 7.55. The second-order valence-corrected chi connectivity index (χ2v) is 3.73. The molecule has 2 aliphatic rings. The summed E-state index contributed by atoms with van der Waals surface area (Å²) in [6, 6.07) is 0. The van der Waals surface area contributed by atoms with Crippen LogP contribution in [-0.4, -0.2) is 25.5 Å². The summed E-state index contributed by atoms with van der Waals surface area (Å²) in [5.74, 6) is 0.277. The molecule has 2 atom stereocenters. The molecule has 1 saturated heterocycles. The standard InChI is InChI=1S/C9H15N3O/c10-9(13)7-3-6-4-11-2-1-8(6)12-5-7/h1,6-7,11-12H,2-5H2,(H2,10,13). The van der Waals surface area contributed by atoms with Crippen molar-refractivity contribution in [3.05, 3.63) is 11.8 Å². The van der Waals surface area contributed by atoms with E-state index < -0.39 is 0 Å². The minimum atomic E-state index is -0.183. The van der Waals surface area contributed by atoms with Crippen LogP contribution < -0.4 is 16.4 Å². The van der Waals surface area contributed by atoms with Crippen molar-refractivity contribution in [1.82, 2.24) is 10.6 Å². The lowest BCUT2D eigenvalue weighted by Gasteiger charge is -2.34. The van der Waals surface area contributed by atoms with Crippen LogP contribution in [0.2, 0.25) is 0 Å². The summed E-state index contributed by atoms with van der Waals surface area (Å²) >= 11 is 0. The molecular weight excluding hydrogens is 166 g/mol. The number of nitrogens with two attached hydrogens (primary N) is 1. The van der Waals surface area contributed by atoms with E-state index in [0.29, 0.717) is 12.5 Å². The van der Waals surface area contributed by atoms with Gasteiger partial charge < -0.3 is 16.4 Å². The maximum absolute atomic E-state index is 11.0. The molecular formula is C9H15N3O. The molecule has 2 heterocycles. The van der Waals surface area contributed by atoms with Gasteiger partial charge in [-0.15, -0.1) is 0 Å². The molecule has 0 spiro atoms. The molecule has 4 nitrogen and oxygen atoms in total. The summed E-state index contributed by atoms with van der Waals surface area (Å²) < 4.78 is 0. The Hall–Kier alpha value is -1.03. The topological polar surface area (TPSA) is 67.2 Å². The molecule has 1 fully saturated rings. The number of primary amides is 1. The summed E-state index contributed by atoms with van der Waals surface area (Å²) in [7, 11) is 0. The molecule has 1 amide bonds. The zero-order chi connectivity index (χ0) is 9.26. The van der Waals surface area contributed by atoms with E-state index in [1.165, 1.54) is 5.70 Å². The number of carbonyl (C=O) groups excluding carboxylic acids is 1. The van der Waals surface area contributed by atoms with Crippen LogP contribution in [0.25, 0.3) is 0 Å². The number of fused-ring (bicyclic) bond motifs is 1. The van der Waals surface area contributed by atoms with Gasteiger partial charge in [0.05, 0.1) is 5.92 Å². The Bertz CT molecular complexity index is 249. The van der Waals surface area contributed by atoms with Gasteiger partial charge in [0, 0.05) is 31.2 Å². The highest BCUT2D eigenvalue weighted by molar-refractivity contribution is 5.77. The SMILES string of the molecule is NC(=O)C1CNC2=CCNCC2C1. The van der Waals surface area contributed by atoms with Gasteiger partial charge in [-0.1, -0.05) is 6.08 Å². The predicted octanol–water partition coefficient (Wildman–Crippen LogP) is -0.816. The third-order valence-electron chi connectivity index (χ3n) is 2.82. The van der Waals surface area contributed by atoms with Gasteiger partial charge in [0.15, 0.2) is 0 Å². The summed E-state index contributed by atoms with van der Waals surface area (Å²) in [6.45, 7) is 2.60. The van der Waals surface area contributed by atoms with Crippen molar-refractivity contribution in [1.29, 1.82) is 0 Å². The first-order valence-electron chi connectivity index (χ1n) is 4.71. The monoisotopic (exact) mass is 181 g/mol. The van der Waals surface area contributed by atoms with Gasteiger partial charge >= 0.3 is 0 Å². The fourth-order valence-corrected chi connectivity index (χ4v) is 2.03. The van der Waals surface area contributed by atoms with Crippen molar-refractivity contribution in [3.8, 4) is 0 Å². The number of hydrogen-bond acceptors (Lipinski definition) is 3. The highest BCUT2D eigenvalue weighted by Gasteiger charge is 2.29. The van der Waals surface area contributed by atoms with Crippen LogP contribution >= 0.6 is 0 Å². The van der Waals surface area contributed by atoms with Crippen LogP contribution in [-0.2, 0) is 4.79 Å². The summed E-state index contributed by atoms with van der Waals surface area (Å²) in [5, 5.41) is 6.55. The largest absolute Gasteiger partial charge is 0.387 e. The Labute approximate surface area is 77.6 Å². The molecule has 0 bridgehead atoms. The third-order valence-corrected chi connectivity index (χ3v) is 2.82. The fraction of sp³-hybridized carbons (Fsp3) is 0.667. The van der Waals surface area contributed by atoms with Crippen LogP contribution in [0, 0.1) is 11.8 Å². The first kappa shape index (κ1) is 8.56. The van der Waals surface area contributed by atoms with Crippen LogP contribution in [0.4, 0.5) is 0 Å². The van der Waals surface area contributed by atoms with Gasteiger partial charge in [-0.25, -0.2) is 0 Å². The molecule has 2 rings (SSSR count). The van der Waals surface area contributed by atoms with E-state index in [2.05, 4.69) is 16.7 Å².